The minimum Gasteiger partial charge on any atom is -0.506 e. The lowest BCUT2D eigenvalue weighted by molar-refractivity contribution is -0.387. The van der Waals surface area contributed by atoms with Gasteiger partial charge < -0.3 is 14.9 Å². The number of aromatic amines is 1. The van der Waals surface area contributed by atoms with Gasteiger partial charge in [-0.2, -0.15) is 5.10 Å². The van der Waals surface area contributed by atoms with E-state index in [9.17, 15) is 28.4 Å². The van der Waals surface area contributed by atoms with Crippen LogP contribution in [0.15, 0.2) is 65.8 Å². The Bertz CT molecular complexity index is 1580. The Labute approximate surface area is 234 Å². The average Bonchev–Trinajstić information content (AvgIpc) is 3.29. The molecular weight excluding hydrogens is 577 g/mol. The number of nitrogens with one attached hydrogen (secondary N) is 1. The van der Waals surface area contributed by atoms with Gasteiger partial charge in [0.05, 0.1) is 22.3 Å². The van der Waals surface area contributed by atoms with Crippen LogP contribution in [0, 0.1) is 10.1 Å². The number of carboxylic acid groups (broad SMARTS) is 1. The number of nitrogens with zero attached hydrogens (tertiary/aromatic N) is 4. The van der Waals surface area contributed by atoms with Crippen molar-refractivity contribution in [3.8, 4) is 17.0 Å². The van der Waals surface area contributed by atoms with E-state index >= 15 is 0 Å². The van der Waals surface area contributed by atoms with Crippen molar-refractivity contribution in [1.82, 2.24) is 15.2 Å². The van der Waals surface area contributed by atoms with Gasteiger partial charge in [-0.05, 0) is 36.8 Å². The van der Waals surface area contributed by atoms with Crippen LogP contribution in [0.4, 0.5) is 11.4 Å². The molecule has 0 atom stereocenters. The first-order valence-electron chi connectivity index (χ1n) is 10.9. The molecule has 0 spiro atoms. The van der Waals surface area contributed by atoms with Crippen molar-refractivity contribution in [2.24, 2.45) is 0 Å². The Morgan fingerprint density at radius 1 is 1.13 bits per heavy atom. The number of nitro groups is 1. The number of aromatic hydroxyl groups is 1. The lowest BCUT2D eigenvalue weighted by Gasteiger charge is -2.24. The second-order valence-electron chi connectivity index (χ2n) is 7.84. The average molecular weight is 600 g/mol. The summed E-state index contributed by atoms with van der Waals surface area (Å²) >= 11 is 0. The normalized spacial score (nSPS) is 10.9. The molecule has 0 saturated carbocycles. The molecule has 0 amide bonds. The van der Waals surface area contributed by atoms with E-state index in [1.54, 1.807) is 12.1 Å². The summed E-state index contributed by atoms with van der Waals surface area (Å²) in [5.74, 6) is -1.24. The predicted octanol–water partition coefficient (Wildman–Crippen LogP) is 3.77. The number of hydrogen-bond acceptors (Lipinski definition) is 9. The van der Waals surface area contributed by atoms with E-state index < -0.39 is 38.1 Å². The zero-order valence-electron chi connectivity index (χ0n) is 20.0. The van der Waals surface area contributed by atoms with Gasteiger partial charge in [0, 0.05) is 36.4 Å². The minimum atomic E-state index is -4.43. The second kappa shape index (κ2) is 13.2. The molecule has 2 heterocycles. The summed E-state index contributed by atoms with van der Waals surface area (Å²) < 4.78 is 33.5. The van der Waals surface area contributed by atoms with E-state index in [1.807, 2.05) is 0 Å². The number of carboxylic acids is 1. The number of para-hydroxylation sites is 1. The van der Waals surface area contributed by atoms with Crippen molar-refractivity contribution in [3.63, 3.8) is 0 Å². The molecular formula is C23H23Cl2N5O8S. The summed E-state index contributed by atoms with van der Waals surface area (Å²) in [6.45, 7) is -0.747. The molecule has 2 aromatic heterocycles. The molecule has 0 unspecified atom stereocenters. The van der Waals surface area contributed by atoms with Crippen molar-refractivity contribution in [3.05, 3.63) is 71.0 Å². The summed E-state index contributed by atoms with van der Waals surface area (Å²) in [6.07, 6.45) is 2.86. The summed E-state index contributed by atoms with van der Waals surface area (Å²) in [7, 11) is -4.43. The SMILES string of the molecule is Cl.Cl.O=C(O)COCCCN(c1ccc2[nH]nc(-c3cncc(O)c3)c2c1)S(=O)(=O)c1ccccc1[N+](=O)[O-]. The van der Waals surface area contributed by atoms with E-state index in [2.05, 4.69) is 15.2 Å². The Morgan fingerprint density at radius 2 is 1.87 bits per heavy atom. The summed E-state index contributed by atoms with van der Waals surface area (Å²) in [4.78, 5) is 25.0. The van der Waals surface area contributed by atoms with Crippen LogP contribution in [0.25, 0.3) is 22.2 Å². The van der Waals surface area contributed by atoms with Gasteiger partial charge in [0.25, 0.3) is 15.7 Å². The minimum absolute atomic E-state index is 0. The van der Waals surface area contributed by atoms with Gasteiger partial charge in [-0.25, -0.2) is 13.2 Å². The zero-order chi connectivity index (χ0) is 26.6. The van der Waals surface area contributed by atoms with Crippen molar-refractivity contribution in [2.45, 2.75) is 11.3 Å². The highest BCUT2D eigenvalue weighted by atomic mass is 35.5. The fraction of sp³-hybridized carbons (Fsp3) is 0.174. The van der Waals surface area contributed by atoms with Gasteiger partial charge in [0.1, 0.15) is 18.1 Å². The number of anilines is 1. The number of rotatable bonds is 11. The largest absolute Gasteiger partial charge is 0.506 e. The third-order valence-corrected chi connectivity index (χ3v) is 7.21. The van der Waals surface area contributed by atoms with E-state index in [0.717, 1.165) is 16.4 Å². The van der Waals surface area contributed by atoms with Gasteiger partial charge in [-0.1, -0.05) is 12.1 Å². The lowest BCUT2D eigenvalue weighted by Crippen LogP contribution is -2.33. The maximum atomic E-state index is 13.7. The molecule has 3 N–H and O–H groups in total. The Hall–Kier alpha value is -3.98. The maximum absolute atomic E-state index is 13.7. The smallest absolute Gasteiger partial charge is 0.329 e. The van der Waals surface area contributed by atoms with Crippen molar-refractivity contribution < 1.29 is 33.1 Å². The molecule has 0 bridgehead atoms. The van der Waals surface area contributed by atoms with E-state index in [0.29, 0.717) is 22.2 Å². The summed E-state index contributed by atoms with van der Waals surface area (Å²) in [5, 5.41) is 37.8. The molecule has 0 saturated heterocycles. The van der Waals surface area contributed by atoms with Crippen LogP contribution in [-0.4, -0.2) is 64.5 Å². The first-order chi connectivity index (χ1) is 17.7. The number of sulfonamides is 1. The zero-order valence-corrected chi connectivity index (χ0v) is 22.4. The third kappa shape index (κ3) is 6.92. The lowest BCUT2D eigenvalue weighted by atomic mass is 10.1. The Kier molecular flexibility index (Phi) is 10.6. The fourth-order valence-electron chi connectivity index (χ4n) is 3.74. The molecule has 4 aromatic rings. The van der Waals surface area contributed by atoms with Gasteiger partial charge >= 0.3 is 5.97 Å². The molecule has 2 aromatic carbocycles. The van der Waals surface area contributed by atoms with Crippen LogP contribution in [0.1, 0.15) is 6.42 Å². The number of benzene rings is 2. The number of ether oxygens (including phenoxy) is 1. The highest BCUT2D eigenvalue weighted by Gasteiger charge is 2.32. The number of nitro benzene ring substituents is 1. The van der Waals surface area contributed by atoms with Gasteiger partial charge in [0.15, 0.2) is 4.90 Å². The summed E-state index contributed by atoms with van der Waals surface area (Å²) in [6, 6.07) is 11.2. The van der Waals surface area contributed by atoms with Gasteiger partial charge in [-0.3, -0.25) is 24.5 Å². The number of aromatic nitrogens is 3. The molecule has 13 nitrogen and oxygen atoms in total. The Morgan fingerprint density at radius 3 is 2.56 bits per heavy atom. The molecule has 0 aliphatic carbocycles. The number of pyridine rings is 1. The van der Waals surface area contributed by atoms with Crippen LogP contribution >= 0.6 is 24.8 Å². The third-order valence-electron chi connectivity index (χ3n) is 5.34. The molecule has 0 aliphatic rings. The fourth-order valence-corrected chi connectivity index (χ4v) is 5.39. The number of fused-ring (bicyclic) bond motifs is 1. The molecule has 16 heteroatoms. The van der Waals surface area contributed by atoms with Crippen molar-refractivity contribution in [1.29, 1.82) is 0 Å². The number of carbonyl (C=O) groups is 1. The van der Waals surface area contributed by atoms with Crippen LogP contribution in [0.5, 0.6) is 5.75 Å². The van der Waals surface area contributed by atoms with E-state index in [1.165, 1.54) is 36.7 Å². The van der Waals surface area contributed by atoms with Crippen LogP contribution in [0.2, 0.25) is 0 Å². The molecule has 208 valence electrons. The molecule has 0 aliphatic heterocycles. The number of halogens is 2. The molecule has 4 rings (SSSR count). The summed E-state index contributed by atoms with van der Waals surface area (Å²) in [5.41, 5.74) is 1.09. The Balaban J connectivity index is 0.00000267. The van der Waals surface area contributed by atoms with Crippen LogP contribution < -0.4 is 4.31 Å². The van der Waals surface area contributed by atoms with Crippen molar-refractivity contribution >= 4 is 63.1 Å². The maximum Gasteiger partial charge on any atom is 0.329 e. The van der Waals surface area contributed by atoms with Gasteiger partial charge in [0.2, 0.25) is 0 Å². The molecule has 0 fully saturated rings. The highest BCUT2D eigenvalue weighted by molar-refractivity contribution is 7.93. The number of H-pyrrole nitrogens is 1. The first kappa shape index (κ1) is 31.2. The predicted molar refractivity (Wildman–Crippen MR) is 146 cm³/mol. The monoisotopic (exact) mass is 599 g/mol. The standard InChI is InChI=1S/C23H21N5O8S.2ClH/c29-17-10-15(12-24-13-17)23-18-11-16(6-7-19(18)25-26-23)27(8-3-9-36-14-22(30)31)37(34,35)21-5-2-1-4-20(21)28(32)33;;/h1-2,4-7,10-13,29H,3,8-9,14H2,(H,25,26)(H,30,31);2*1H. The highest BCUT2D eigenvalue weighted by Crippen LogP contribution is 2.34. The van der Waals surface area contributed by atoms with Crippen molar-refractivity contribution in [2.75, 3.05) is 24.1 Å². The van der Waals surface area contributed by atoms with Crippen LogP contribution in [-0.2, 0) is 19.6 Å². The van der Waals surface area contributed by atoms with E-state index in [4.69, 9.17) is 9.84 Å². The molecule has 39 heavy (non-hydrogen) atoms. The topological polar surface area (TPSA) is 189 Å². The quantitative estimate of drug-likeness (QED) is 0.130. The number of hydrogen-bond donors (Lipinski definition) is 3. The second-order valence-corrected chi connectivity index (χ2v) is 9.67. The van der Waals surface area contributed by atoms with E-state index in [-0.39, 0.29) is 55.8 Å². The molecule has 0 radical (unpaired) electrons. The van der Waals surface area contributed by atoms with Crippen LogP contribution in [0.3, 0.4) is 0 Å². The first-order valence-corrected chi connectivity index (χ1v) is 12.3. The van der Waals surface area contributed by atoms with Gasteiger partial charge in [-0.15, -0.1) is 24.8 Å². The number of aliphatic carboxylic acids is 1.